The molecule has 0 aliphatic carbocycles. The predicted molar refractivity (Wildman–Crippen MR) is 81.8 cm³/mol. The largest absolute Gasteiger partial charge is 0.496 e. The van der Waals surface area contributed by atoms with Crippen molar-refractivity contribution in [1.29, 1.82) is 0 Å². The molecule has 1 rings (SSSR count). The lowest BCUT2D eigenvalue weighted by molar-refractivity contribution is 0.310. The number of hydrogen-bond acceptors (Lipinski definition) is 3. The molecular formula is C14H22ClNO3S. The average Bonchev–Trinajstić information content (AvgIpc) is 2.35. The number of nitrogens with zero attached hydrogens (tertiary/aromatic N) is 1. The monoisotopic (exact) mass is 319 g/mol. The Morgan fingerprint density at radius 3 is 2.35 bits per heavy atom. The molecule has 0 spiro atoms. The topological polar surface area (TPSA) is 46.6 Å². The van der Waals surface area contributed by atoms with Crippen molar-refractivity contribution < 1.29 is 13.2 Å². The minimum atomic E-state index is -3.51. The minimum Gasteiger partial charge on any atom is -0.496 e. The van der Waals surface area contributed by atoms with E-state index in [0.29, 0.717) is 17.9 Å². The second kappa shape index (κ2) is 6.33. The predicted octanol–water partition coefficient (Wildman–Crippen LogP) is 3.10. The van der Waals surface area contributed by atoms with Crippen LogP contribution >= 0.6 is 11.6 Å². The zero-order chi connectivity index (χ0) is 15.6. The van der Waals surface area contributed by atoms with E-state index in [9.17, 15) is 8.42 Å². The van der Waals surface area contributed by atoms with E-state index < -0.39 is 10.0 Å². The second-order valence-electron chi connectivity index (χ2n) is 5.93. The molecule has 0 unspecified atom stereocenters. The summed E-state index contributed by atoms with van der Waals surface area (Å²) < 4.78 is 31.6. The van der Waals surface area contributed by atoms with Crippen molar-refractivity contribution in [2.45, 2.75) is 31.5 Å². The van der Waals surface area contributed by atoms with Crippen LogP contribution in [-0.2, 0) is 15.9 Å². The van der Waals surface area contributed by atoms with E-state index in [1.54, 1.807) is 25.2 Å². The lowest BCUT2D eigenvalue weighted by atomic mass is 9.97. The van der Waals surface area contributed by atoms with Crippen LogP contribution in [0.1, 0.15) is 26.3 Å². The zero-order valence-electron chi connectivity index (χ0n) is 12.6. The molecule has 0 fully saturated rings. The number of sulfonamides is 1. The third-order valence-electron chi connectivity index (χ3n) is 2.80. The summed E-state index contributed by atoms with van der Waals surface area (Å²) in [5, 5.41) is 0. The van der Waals surface area contributed by atoms with Crippen molar-refractivity contribution in [2.75, 3.05) is 20.7 Å². The fraction of sp³-hybridized carbons (Fsp3) is 0.571. The second-order valence-corrected chi connectivity index (χ2v) is 8.24. The van der Waals surface area contributed by atoms with Crippen LogP contribution in [0.15, 0.2) is 23.1 Å². The third-order valence-corrected chi connectivity index (χ3v) is 4.89. The SMILES string of the molecule is COc1ccc(S(=O)(=O)N(C)CC(C)(C)C)cc1CCl. The molecule has 4 nitrogen and oxygen atoms in total. The summed E-state index contributed by atoms with van der Waals surface area (Å²) in [5.41, 5.74) is 0.559. The lowest BCUT2D eigenvalue weighted by Crippen LogP contribution is -2.34. The van der Waals surface area contributed by atoms with Crippen molar-refractivity contribution in [3.63, 3.8) is 0 Å². The van der Waals surface area contributed by atoms with Crippen LogP contribution in [0, 0.1) is 5.41 Å². The molecule has 0 saturated heterocycles. The van der Waals surface area contributed by atoms with Gasteiger partial charge in [0.25, 0.3) is 0 Å². The van der Waals surface area contributed by atoms with Crippen molar-refractivity contribution in [2.24, 2.45) is 5.41 Å². The number of methoxy groups -OCH3 is 1. The van der Waals surface area contributed by atoms with Gasteiger partial charge in [0, 0.05) is 19.2 Å². The highest BCUT2D eigenvalue weighted by Crippen LogP contribution is 2.26. The molecule has 0 aromatic heterocycles. The van der Waals surface area contributed by atoms with E-state index in [1.165, 1.54) is 11.4 Å². The fourth-order valence-electron chi connectivity index (χ4n) is 1.95. The van der Waals surface area contributed by atoms with Gasteiger partial charge in [-0.1, -0.05) is 20.8 Å². The van der Waals surface area contributed by atoms with Gasteiger partial charge >= 0.3 is 0 Å². The summed E-state index contributed by atoms with van der Waals surface area (Å²) in [4.78, 5) is 0.237. The van der Waals surface area contributed by atoms with E-state index in [2.05, 4.69) is 0 Å². The first-order valence-electron chi connectivity index (χ1n) is 6.31. The van der Waals surface area contributed by atoms with Gasteiger partial charge in [-0.3, -0.25) is 0 Å². The molecule has 0 N–H and O–H groups in total. The number of benzene rings is 1. The van der Waals surface area contributed by atoms with Crippen LogP contribution in [-0.4, -0.2) is 33.4 Å². The standard InChI is InChI=1S/C14H22ClNO3S/c1-14(2,3)10-16(4)20(17,18)12-6-7-13(19-5)11(8-12)9-15/h6-8H,9-10H2,1-5H3. The van der Waals surface area contributed by atoms with Gasteiger partial charge in [0.1, 0.15) is 5.75 Å². The number of rotatable bonds is 5. The quantitative estimate of drug-likeness (QED) is 0.783. The summed E-state index contributed by atoms with van der Waals surface area (Å²) in [6.07, 6.45) is 0. The molecule has 0 saturated carbocycles. The Hall–Kier alpha value is -0.780. The Balaban J connectivity index is 3.16. The molecule has 1 aromatic carbocycles. The third kappa shape index (κ3) is 4.11. The molecule has 114 valence electrons. The molecular weight excluding hydrogens is 298 g/mol. The summed E-state index contributed by atoms with van der Waals surface area (Å²) in [5.74, 6) is 0.799. The van der Waals surface area contributed by atoms with Crippen molar-refractivity contribution in [3.8, 4) is 5.75 Å². The lowest BCUT2D eigenvalue weighted by Gasteiger charge is -2.26. The molecule has 0 radical (unpaired) electrons. The maximum absolute atomic E-state index is 12.5. The summed E-state index contributed by atoms with van der Waals surface area (Å²) in [6.45, 7) is 6.43. The van der Waals surface area contributed by atoms with E-state index in [1.807, 2.05) is 20.8 Å². The van der Waals surface area contributed by atoms with Gasteiger partial charge < -0.3 is 4.74 Å². The molecule has 0 aliphatic rings. The van der Waals surface area contributed by atoms with Gasteiger partial charge in [-0.25, -0.2) is 12.7 Å². The van der Waals surface area contributed by atoms with Crippen LogP contribution in [0.4, 0.5) is 0 Å². The molecule has 0 amide bonds. The van der Waals surface area contributed by atoms with Crippen LogP contribution < -0.4 is 4.74 Å². The molecule has 1 aromatic rings. The molecule has 0 aliphatic heterocycles. The maximum Gasteiger partial charge on any atom is 0.242 e. The van der Waals surface area contributed by atoms with Gasteiger partial charge in [0.2, 0.25) is 10.0 Å². The smallest absolute Gasteiger partial charge is 0.242 e. The van der Waals surface area contributed by atoms with Gasteiger partial charge in [-0.05, 0) is 23.6 Å². The Kier molecular flexibility index (Phi) is 5.46. The number of halogens is 1. The number of ether oxygens (including phenoxy) is 1. The van der Waals surface area contributed by atoms with Crippen LogP contribution in [0.5, 0.6) is 5.75 Å². The molecule has 20 heavy (non-hydrogen) atoms. The highest BCUT2D eigenvalue weighted by molar-refractivity contribution is 7.89. The van der Waals surface area contributed by atoms with Crippen LogP contribution in [0.2, 0.25) is 0 Å². The zero-order valence-corrected chi connectivity index (χ0v) is 14.2. The summed E-state index contributed by atoms with van der Waals surface area (Å²) >= 11 is 5.83. The molecule has 0 heterocycles. The molecule has 6 heteroatoms. The Morgan fingerprint density at radius 2 is 1.90 bits per heavy atom. The maximum atomic E-state index is 12.5. The van der Waals surface area contributed by atoms with E-state index in [0.717, 1.165) is 0 Å². The number of hydrogen-bond donors (Lipinski definition) is 0. The first-order valence-corrected chi connectivity index (χ1v) is 8.28. The summed E-state index contributed by atoms with van der Waals surface area (Å²) in [6, 6.07) is 4.75. The molecule has 0 bridgehead atoms. The van der Waals surface area contributed by atoms with Crippen LogP contribution in [0.25, 0.3) is 0 Å². The summed E-state index contributed by atoms with van der Waals surface area (Å²) in [7, 11) is -0.389. The van der Waals surface area contributed by atoms with Gasteiger partial charge in [0.05, 0.1) is 17.9 Å². The Morgan fingerprint density at radius 1 is 1.30 bits per heavy atom. The Labute approximate surface area is 126 Å². The van der Waals surface area contributed by atoms with Gasteiger partial charge in [0.15, 0.2) is 0 Å². The highest BCUT2D eigenvalue weighted by atomic mass is 35.5. The minimum absolute atomic E-state index is 0.108. The van der Waals surface area contributed by atoms with Crippen molar-refractivity contribution in [1.82, 2.24) is 4.31 Å². The fourth-order valence-corrected chi connectivity index (χ4v) is 3.61. The van der Waals surface area contributed by atoms with E-state index in [4.69, 9.17) is 16.3 Å². The number of alkyl halides is 1. The highest BCUT2D eigenvalue weighted by Gasteiger charge is 2.25. The van der Waals surface area contributed by atoms with Gasteiger partial charge in [-0.2, -0.15) is 0 Å². The average molecular weight is 320 g/mol. The van der Waals surface area contributed by atoms with Crippen molar-refractivity contribution in [3.05, 3.63) is 23.8 Å². The first kappa shape index (κ1) is 17.3. The molecule has 0 atom stereocenters. The Bertz CT molecular complexity index is 564. The van der Waals surface area contributed by atoms with Crippen LogP contribution in [0.3, 0.4) is 0 Å². The first-order chi connectivity index (χ1) is 9.11. The van der Waals surface area contributed by atoms with E-state index in [-0.39, 0.29) is 16.2 Å². The van der Waals surface area contributed by atoms with Gasteiger partial charge in [-0.15, -0.1) is 11.6 Å². The van der Waals surface area contributed by atoms with Crippen molar-refractivity contribution >= 4 is 21.6 Å². The van der Waals surface area contributed by atoms with E-state index >= 15 is 0 Å². The normalized spacial score (nSPS) is 12.8.